The molecule has 0 N–H and O–H groups in total. The minimum absolute atomic E-state index is 0.721. The molecule has 0 atom stereocenters. The average molecular weight is 597 g/mol. The zero-order chi connectivity index (χ0) is 30.5. The second kappa shape index (κ2) is 10.6. The SMILES string of the molecule is c1ccc(-c2onc3ccc(N(c4ccc5noc(-c6ccccc6)c5c4)c4ccc5noc(-c6ccccc6)c5c4)cc23)cc1. The summed E-state index contributed by atoms with van der Waals surface area (Å²) in [6.45, 7) is 0. The first kappa shape index (κ1) is 26.0. The molecule has 0 aliphatic heterocycles. The van der Waals surface area contributed by atoms with Gasteiger partial charge >= 0.3 is 0 Å². The van der Waals surface area contributed by atoms with Crippen molar-refractivity contribution in [1.29, 1.82) is 0 Å². The smallest absolute Gasteiger partial charge is 0.174 e. The zero-order valence-electron chi connectivity index (χ0n) is 24.4. The maximum Gasteiger partial charge on any atom is 0.174 e. The van der Waals surface area contributed by atoms with Gasteiger partial charge in [0.25, 0.3) is 0 Å². The third-order valence-corrected chi connectivity index (χ3v) is 8.26. The molecule has 0 aliphatic carbocycles. The summed E-state index contributed by atoms with van der Waals surface area (Å²) in [7, 11) is 0. The van der Waals surface area contributed by atoms with Crippen molar-refractivity contribution in [2.75, 3.05) is 4.90 Å². The van der Waals surface area contributed by atoms with Crippen molar-refractivity contribution in [2.45, 2.75) is 0 Å². The second-order valence-corrected chi connectivity index (χ2v) is 11.1. The van der Waals surface area contributed by atoms with Gasteiger partial charge in [0.1, 0.15) is 16.6 Å². The van der Waals surface area contributed by atoms with Crippen LogP contribution in [0.15, 0.2) is 159 Å². The third-order valence-electron chi connectivity index (χ3n) is 8.26. The van der Waals surface area contributed by atoms with Crippen LogP contribution in [0.2, 0.25) is 0 Å². The Morgan fingerprint density at radius 3 is 0.957 bits per heavy atom. The minimum Gasteiger partial charge on any atom is -0.355 e. The van der Waals surface area contributed by atoms with Crippen molar-refractivity contribution in [3.8, 4) is 34.0 Å². The lowest BCUT2D eigenvalue weighted by molar-refractivity contribution is 0.441. The van der Waals surface area contributed by atoms with Gasteiger partial charge in [-0.05, 0) is 54.6 Å². The predicted octanol–water partition coefficient (Wildman–Crippen LogP) is 10.6. The normalized spacial score (nSPS) is 11.5. The quantitative estimate of drug-likeness (QED) is 0.189. The van der Waals surface area contributed by atoms with E-state index < -0.39 is 0 Å². The fraction of sp³-hybridized carbons (Fsp3) is 0. The summed E-state index contributed by atoms with van der Waals surface area (Å²) in [6, 6.07) is 48.7. The van der Waals surface area contributed by atoms with Crippen LogP contribution in [-0.4, -0.2) is 15.5 Å². The standard InChI is InChI=1S/C39H24N4O3/c1-4-10-25(11-5-1)37-31-22-28(16-19-34(31)40-44-37)43(29-17-20-35-32(23-29)38(45-41-35)26-12-6-2-7-13-26)30-18-21-36-33(24-30)39(46-42-36)27-14-8-3-9-15-27/h1-24H. The first-order chi connectivity index (χ1) is 22.8. The Morgan fingerprint density at radius 1 is 0.348 bits per heavy atom. The van der Waals surface area contributed by atoms with Gasteiger partial charge in [-0.3, -0.25) is 0 Å². The largest absolute Gasteiger partial charge is 0.355 e. The number of hydrogen-bond acceptors (Lipinski definition) is 7. The molecule has 0 aliphatic rings. The molecule has 218 valence electrons. The van der Waals surface area contributed by atoms with Crippen LogP contribution in [0.3, 0.4) is 0 Å². The number of aromatic nitrogens is 3. The second-order valence-electron chi connectivity index (χ2n) is 11.1. The van der Waals surface area contributed by atoms with Crippen LogP contribution in [0.1, 0.15) is 0 Å². The minimum atomic E-state index is 0.721. The molecule has 7 heteroatoms. The highest BCUT2D eigenvalue weighted by Crippen LogP contribution is 2.42. The molecule has 3 heterocycles. The fourth-order valence-electron chi connectivity index (χ4n) is 6.05. The number of rotatable bonds is 6. The molecule has 6 aromatic carbocycles. The summed E-state index contributed by atoms with van der Waals surface area (Å²) < 4.78 is 17.6. The highest BCUT2D eigenvalue weighted by atomic mass is 16.5. The van der Waals surface area contributed by atoms with E-state index in [2.05, 4.69) is 56.8 Å². The Balaban J connectivity index is 1.26. The van der Waals surface area contributed by atoms with Crippen LogP contribution in [0, 0.1) is 0 Å². The topological polar surface area (TPSA) is 81.3 Å². The molecule has 0 radical (unpaired) electrons. The van der Waals surface area contributed by atoms with E-state index in [0.717, 1.165) is 83.7 Å². The highest BCUT2D eigenvalue weighted by molar-refractivity contribution is 6.00. The van der Waals surface area contributed by atoms with Crippen LogP contribution < -0.4 is 4.90 Å². The van der Waals surface area contributed by atoms with Crippen molar-refractivity contribution in [3.63, 3.8) is 0 Å². The van der Waals surface area contributed by atoms with E-state index in [4.69, 9.17) is 13.6 Å². The number of nitrogens with zero attached hydrogens (tertiary/aromatic N) is 4. The third kappa shape index (κ3) is 4.33. The van der Waals surface area contributed by atoms with Crippen LogP contribution in [0.4, 0.5) is 17.1 Å². The van der Waals surface area contributed by atoms with Crippen LogP contribution in [-0.2, 0) is 0 Å². The van der Waals surface area contributed by atoms with E-state index in [1.807, 2.05) is 109 Å². The Morgan fingerprint density at radius 2 is 0.652 bits per heavy atom. The van der Waals surface area contributed by atoms with Gasteiger partial charge in [0, 0.05) is 33.8 Å². The van der Waals surface area contributed by atoms with Gasteiger partial charge in [0.2, 0.25) is 0 Å². The Kier molecular flexibility index (Phi) is 5.99. The first-order valence-corrected chi connectivity index (χ1v) is 14.9. The van der Waals surface area contributed by atoms with Gasteiger partial charge < -0.3 is 18.5 Å². The number of benzene rings is 6. The van der Waals surface area contributed by atoms with Gasteiger partial charge in [-0.2, -0.15) is 0 Å². The zero-order valence-corrected chi connectivity index (χ0v) is 24.4. The van der Waals surface area contributed by atoms with Gasteiger partial charge in [0.05, 0.1) is 16.2 Å². The van der Waals surface area contributed by atoms with E-state index in [9.17, 15) is 0 Å². The summed E-state index contributed by atoms with van der Waals surface area (Å²) in [5, 5.41) is 15.8. The average Bonchev–Trinajstić information content (AvgIpc) is 3.86. The molecule has 0 unspecified atom stereocenters. The molecule has 9 rings (SSSR count). The Labute approximate surface area is 262 Å². The van der Waals surface area contributed by atoms with Crippen molar-refractivity contribution < 1.29 is 13.6 Å². The van der Waals surface area contributed by atoms with Gasteiger partial charge in [-0.15, -0.1) is 0 Å². The van der Waals surface area contributed by atoms with Crippen molar-refractivity contribution in [1.82, 2.24) is 15.5 Å². The van der Waals surface area contributed by atoms with Gasteiger partial charge in [-0.1, -0.05) is 106 Å². The molecule has 0 spiro atoms. The van der Waals surface area contributed by atoms with E-state index in [0.29, 0.717) is 0 Å². The molecule has 46 heavy (non-hydrogen) atoms. The summed E-state index contributed by atoms with van der Waals surface area (Å²) in [5.74, 6) is 2.16. The molecule has 9 aromatic rings. The molecule has 0 saturated heterocycles. The molecule has 0 amide bonds. The van der Waals surface area contributed by atoms with E-state index in [1.54, 1.807) is 0 Å². The number of fused-ring (bicyclic) bond motifs is 3. The molecule has 7 nitrogen and oxygen atoms in total. The molecule has 0 bridgehead atoms. The lowest BCUT2D eigenvalue weighted by Gasteiger charge is -2.25. The predicted molar refractivity (Wildman–Crippen MR) is 180 cm³/mol. The monoisotopic (exact) mass is 596 g/mol. The van der Waals surface area contributed by atoms with Crippen LogP contribution in [0.5, 0.6) is 0 Å². The maximum atomic E-state index is 5.86. The molecule has 0 saturated carbocycles. The van der Waals surface area contributed by atoms with Gasteiger partial charge in [-0.25, -0.2) is 0 Å². The Bertz CT molecular complexity index is 2200. The summed E-state index contributed by atoms with van der Waals surface area (Å²) in [6.07, 6.45) is 0. The number of anilines is 3. The molecule has 0 fully saturated rings. The molecule has 3 aromatic heterocycles. The molecular weight excluding hydrogens is 572 g/mol. The van der Waals surface area contributed by atoms with Gasteiger partial charge in [0.15, 0.2) is 17.3 Å². The molecular formula is C39H24N4O3. The Hall–Kier alpha value is -6.47. The van der Waals surface area contributed by atoms with Crippen molar-refractivity contribution in [3.05, 3.63) is 146 Å². The first-order valence-electron chi connectivity index (χ1n) is 14.9. The lowest BCUT2D eigenvalue weighted by atomic mass is 10.0. The van der Waals surface area contributed by atoms with Crippen LogP contribution >= 0.6 is 0 Å². The van der Waals surface area contributed by atoms with E-state index >= 15 is 0 Å². The van der Waals surface area contributed by atoms with Crippen LogP contribution in [0.25, 0.3) is 66.7 Å². The van der Waals surface area contributed by atoms with Crippen molar-refractivity contribution in [2.24, 2.45) is 0 Å². The lowest BCUT2D eigenvalue weighted by Crippen LogP contribution is -2.10. The summed E-state index contributed by atoms with van der Waals surface area (Å²) in [5.41, 5.74) is 8.03. The van der Waals surface area contributed by atoms with Crippen molar-refractivity contribution >= 4 is 49.8 Å². The summed E-state index contributed by atoms with van der Waals surface area (Å²) >= 11 is 0. The fourth-order valence-corrected chi connectivity index (χ4v) is 6.05. The maximum absolute atomic E-state index is 5.86. The van der Waals surface area contributed by atoms with E-state index in [-0.39, 0.29) is 0 Å². The van der Waals surface area contributed by atoms with E-state index in [1.165, 1.54) is 0 Å². The number of hydrogen-bond donors (Lipinski definition) is 0. The highest BCUT2D eigenvalue weighted by Gasteiger charge is 2.21. The summed E-state index contributed by atoms with van der Waals surface area (Å²) in [4.78, 5) is 2.21.